The van der Waals surface area contributed by atoms with Crippen molar-refractivity contribution >= 4 is 39.5 Å². The highest BCUT2D eigenvalue weighted by molar-refractivity contribution is 8.39. The standard InChI is InChI=1S/C15H21N3O3S2/c1-10(2)22-15(23-11(3)4)16-17(5)14(19)12-6-8-13(9-7-12)18(20)21/h6-11H,1-5H3. The molecule has 126 valence electrons. The Kier molecular flexibility index (Phi) is 7.57. The van der Waals surface area contributed by atoms with E-state index < -0.39 is 4.92 Å². The summed E-state index contributed by atoms with van der Waals surface area (Å²) in [7, 11) is 1.59. The van der Waals surface area contributed by atoms with Gasteiger partial charge in [-0.3, -0.25) is 14.9 Å². The van der Waals surface area contributed by atoms with Gasteiger partial charge in [0.05, 0.1) is 4.92 Å². The number of hydrogen-bond acceptors (Lipinski definition) is 6. The molecule has 0 aromatic heterocycles. The second-order valence-electron chi connectivity index (χ2n) is 5.33. The summed E-state index contributed by atoms with van der Waals surface area (Å²) >= 11 is 3.21. The molecule has 0 spiro atoms. The van der Waals surface area contributed by atoms with Crippen LogP contribution >= 0.6 is 23.5 Å². The van der Waals surface area contributed by atoms with E-state index in [1.54, 1.807) is 30.6 Å². The van der Waals surface area contributed by atoms with Crippen LogP contribution < -0.4 is 0 Å². The van der Waals surface area contributed by atoms with Gasteiger partial charge in [-0.1, -0.05) is 51.2 Å². The van der Waals surface area contributed by atoms with Crippen molar-refractivity contribution in [3.8, 4) is 0 Å². The average Bonchev–Trinajstić information content (AvgIpc) is 2.45. The third-order valence-electron chi connectivity index (χ3n) is 2.52. The third kappa shape index (κ3) is 6.62. The SMILES string of the molecule is CC(C)SC(=NN(C)C(=O)c1ccc([N+](=O)[O-])cc1)SC(C)C. The van der Waals surface area contributed by atoms with Crippen LogP contribution in [0.5, 0.6) is 0 Å². The van der Waals surface area contributed by atoms with Crippen LogP contribution in [0.25, 0.3) is 0 Å². The Morgan fingerprint density at radius 1 is 1.13 bits per heavy atom. The molecule has 8 heteroatoms. The van der Waals surface area contributed by atoms with Gasteiger partial charge in [-0.2, -0.15) is 5.10 Å². The summed E-state index contributed by atoms with van der Waals surface area (Å²) in [5.41, 5.74) is 0.324. The van der Waals surface area contributed by atoms with Crippen LogP contribution in [0.3, 0.4) is 0 Å². The van der Waals surface area contributed by atoms with Crippen LogP contribution in [0.15, 0.2) is 29.4 Å². The number of amides is 1. The van der Waals surface area contributed by atoms with Gasteiger partial charge < -0.3 is 0 Å². The van der Waals surface area contributed by atoms with E-state index in [9.17, 15) is 14.9 Å². The molecule has 0 atom stereocenters. The minimum absolute atomic E-state index is 0.0425. The molecule has 0 N–H and O–H groups in total. The van der Waals surface area contributed by atoms with Crippen LogP contribution in [0.2, 0.25) is 0 Å². The number of hydrazone groups is 1. The number of carbonyl (C=O) groups is 1. The van der Waals surface area contributed by atoms with Gasteiger partial charge in [0.25, 0.3) is 11.6 Å². The summed E-state index contributed by atoms with van der Waals surface area (Å²) in [5, 5.41) is 17.0. The van der Waals surface area contributed by atoms with E-state index in [0.717, 1.165) is 4.38 Å². The second-order valence-corrected chi connectivity index (χ2v) is 8.72. The molecule has 0 radical (unpaired) electrons. The van der Waals surface area contributed by atoms with Crippen molar-refractivity contribution in [3.05, 3.63) is 39.9 Å². The van der Waals surface area contributed by atoms with Gasteiger partial charge in [-0.25, -0.2) is 5.01 Å². The fourth-order valence-corrected chi connectivity index (χ4v) is 4.08. The van der Waals surface area contributed by atoms with E-state index in [1.807, 2.05) is 0 Å². The molecule has 1 rings (SSSR count). The molecule has 0 unspecified atom stereocenters. The van der Waals surface area contributed by atoms with Crippen LogP contribution in [0, 0.1) is 10.1 Å². The normalized spacial score (nSPS) is 10.7. The van der Waals surface area contributed by atoms with Crippen molar-refractivity contribution < 1.29 is 9.72 Å². The largest absolute Gasteiger partial charge is 0.273 e. The Bertz CT molecular complexity index is 574. The van der Waals surface area contributed by atoms with Gasteiger partial charge in [-0.15, -0.1) is 0 Å². The highest BCUT2D eigenvalue weighted by Crippen LogP contribution is 2.25. The maximum Gasteiger partial charge on any atom is 0.273 e. The number of hydrogen-bond donors (Lipinski definition) is 0. The zero-order chi connectivity index (χ0) is 17.6. The molecule has 0 heterocycles. The first kappa shape index (κ1) is 19.5. The van der Waals surface area contributed by atoms with E-state index in [0.29, 0.717) is 16.1 Å². The number of nitro groups is 1. The Morgan fingerprint density at radius 2 is 1.61 bits per heavy atom. The van der Waals surface area contributed by atoms with E-state index in [4.69, 9.17) is 0 Å². The molecule has 1 aromatic rings. The van der Waals surface area contributed by atoms with Gasteiger partial charge >= 0.3 is 0 Å². The molecule has 1 amide bonds. The number of benzene rings is 1. The van der Waals surface area contributed by atoms with Crippen molar-refractivity contribution in [2.75, 3.05) is 7.05 Å². The predicted octanol–water partition coefficient (Wildman–Crippen LogP) is 4.22. The maximum atomic E-state index is 12.4. The summed E-state index contributed by atoms with van der Waals surface area (Å²) in [6.07, 6.45) is 0. The van der Waals surface area contributed by atoms with E-state index >= 15 is 0 Å². The number of nitrogens with zero attached hydrogens (tertiary/aromatic N) is 3. The predicted molar refractivity (Wildman–Crippen MR) is 98.1 cm³/mol. The summed E-state index contributed by atoms with van der Waals surface area (Å²) < 4.78 is 0.827. The molecule has 0 saturated heterocycles. The molecular weight excluding hydrogens is 334 g/mol. The van der Waals surface area contributed by atoms with Crippen LogP contribution in [-0.4, -0.2) is 37.8 Å². The van der Waals surface area contributed by atoms with Crippen LogP contribution in [-0.2, 0) is 0 Å². The zero-order valence-electron chi connectivity index (χ0n) is 13.8. The molecule has 0 saturated carbocycles. The smallest absolute Gasteiger partial charge is 0.267 e. The molecule has 0 fully saturated rings. The second kappa shape index (κ2) is 8.93. The zero-order valence-corrected chi connectivity index (χ0v) is 15.5. The van der Waals surface area contributed by atoms with Crippen LogP contribution in [0.4, 0.5) is 5.69 Å². The molecule has 1 aromatic carbocycles. The lowest BCUT2D eigenvalue weighted by Gasteiger charge is -2.16. The van der Waals surface area contributed by atoms with Gasteiger partial charge in [0.15, 0.2) is 4.38 Å². The Hall–Kier alpha value is -1.54. The fraction of sp³-hybridized carbons (Fsp3) is 0.467. The number of nitro benzene ring substituents is 1. The van der Waals surface area contributed by atoms with E-state index in [1.165, 1.54) is 29.3 Å². The average molecular weight is 355 g/mol. The highest BCUT2D eigenvalue weighted by Gasteiger charge is 2.15. The number of carbonyl (C=O) groups excluding carboxylic acids is 1. The molecule has 0 aliphatic carbocycles. The lowest BCUT2D eigenvalue weighted by Crippen LogP contribution is -2.22. The Balaban J connectivity index is 2.91. The Morgan fingerprint density at radius 3 is 2.00 bits per heavy atom. The number of rotatable bonds is 5. The quantitative estimate of drug-likeness (QED) is 0.342. The fourth-order valence-electron chi connectivity index (χ4n) is 1.56. The van der Waals surface area contributed by atoms with Gasteiger partial charge in [0, 0.05) is 35.2 Å². The highest BCUT2D eigenvalue weighted by atomic mass is 32.2. The van der Waals surface area contributed by atoms with Crippen molar-refractivity contribution in [2.45, 2.75) is 38.2 Å². The minimum Gasteiger partial charge on any atom is -0.267 e. The topological polar surface area (TPSA) is 75.8 Å². The maximum absolute atomic E-state index is 12.4. The van der Waals surface area contributed by atoms with E-state index in [2.05, 4.69) is 32.8 Å². The molecule has 0 aliphatic heterocycles. The summed E-state index contributed by atoms with van der Waals surface area (Å²) in [5.74, 6) is -0.300. The first-order valence-corrected chi connectivity index (χ1v) is 8.91. The molecule has 6 nitrogen and oxygen atoms in total. The van der Waals surface area contributed by atoms with Crippen molar-refractivity contribution in [1.29, 1.82) is 0 Å². The monoisotopic (exact) mass is 355 g/mol. The van der Waals surface area contributed by atoms with Gasteiger partial charge in [-0.05, 0) is 12.1 Å². The van der Waals surface area contributed by atoms with Crippen LogP contribution in [0.1, 0.15) is 38.1 Å². The number of non-ortho nitro benzene ring substituents is 1. The lowest BCUT2D eigenvalue weighted by molar-refractivity contribution is -0.384. The van der Waals surface area contributed by atoms with Gasteiger partial charge in [0.2, 0.25) is 0 Å². The summed E-state index contributed by atoms with van der Waals surface area (Å²) in [6.45, 7) is 8.27. The molecule has 0 aliphatic rings. The van der Waals surface area contributed by atoms with Crippen molar-refractivity contribution in [1.82, 2.24) is 5.01 Å². The minimum atomic E-state index is -0.493. The Labute approximate surface area is 144 Å². The molecule has 23 heavy (non-hydrogen) atoms. The summed E-state index contributed by atoms with van der Waals surface area (Å²) in [6, 6.07) is 5.52. The first-order valence-electron chi connectivity index (χ1n) is 7.15. The van der Waals surface area contributed by atoms with Crippen molar-refractivity contribution in [3.63, 3.8) is 0 Å². The van der Waals surface area contributed by atoms with Gasteiger partial charge in [0.1, 0.15) is 0 Å². The third-order valence-corrected chi connectivity index (χ3v) is 4.61. The molecule has 0 bridgehead atoms. The lowest BCUT2D eigenvalue weighted by atomic mass is 10.2. The summed E-state index contributed by atoms with van der Waals surface area (Å²) in [4.78, 5) is 22.5. The van der Waals surface area contributed by atoms with E-state index in [-0.39, 0.29) is 11.6 Å². The number of thioether (sulfide) groups is 2. The molecular formula is C15H21N3O3S2. The first-order chi connectivity index (χ1) is 10.7. The van der Waals surface area contributed by atoms with Crippen molar-refractivity contribution in [2.24, 2.45) is 5.10 Å².